The molecule has 21 heavy (non-hydrogen) atoms. The third-order valence-corrected chi connectivity index (χ3v) is 3.11. The van der Waals surface area contributed by atoms with E-state index in [0.29, 0.717) is 13.0 Å². The van der Waals surface area contributed by atoms with Gasteiger partial charge in [0.15, 0.2) is 5.69 Å². The summed E-state index contributed by atoms with van der Waals surface area (Å²) in [6, 6.07) is 0.156. The number of hydrogen-bond acceptors (Lipinski definition) is 3. The molecular formula is C12H15F3N4O2. The average molecular weight is 304 g/mol. The van der Waals surface area contributed by atoms with E-state index in [2.05, 4.69) is 15.7 Å². The number of amides is 2. The first-order valence-corrected chi connectivity index (χ1v) is 6.54. The number of rotatable bonds is 3. The lowest BCUT2D eigenvalue weighted by molar-refractivity contribution is -0.141. The third-order valence-electron chi connectivity index (χ3n) is 3.11. The highest BCUT2D eigenvalue weighted by molar-refractivity contribution is 5.87. The van der Waals surface area contributed by atoms with Crippen molar-refractivity contribution in [2.75, 3.05) is 6.54 Å². The van der Waals surface area contributed by atoms with Gasteiger partial charge in [0.2, 0.25) is 11.8 Å². The lowest BCUT2D eigenvalue weighted by Crippen LogP contribution is -2.46. The van der Waals surface area contributed by atoms with Gasteiger partial charge in [-0.05, 0) is 25.3 Å². The quantitative estimate of drug-likeness (QED) is 0.862. The van der Waals surface area contributed by atoms with Crippen molar-refractivity contribution in [2.45, 2.75) is 38.0 Å². The van der Waals surface area contributed by atoms with E-state index in [4.69, 9.17) is 0 Å². The summed E-state index contributed by atoms with van der Waals surface area (Å²) in [4.78, 5) is 23.4. The SMILES string of the molecule is O=C(Cn1ccc(C(F)(F)F)n1)N[C@@H]1CCCCNC1=O. The molecule has 1 aromatic heterocycles. The fourth-order valence-corrected chi connectivity index (χ4v) is 2.07. The maximum absolute atomic E-state index is 12.4. The highest BCUT2D eigenvalue weighted by atomic mass is 19.4. The third kappa shape index (κ3) is 4.20. The van der Waals surface area contributed by atoms with Crippen LogP contribution in [0.2, 0.25) is 0 Å². The molecule has 0 aliphatic carbocycles. The van der Waals surface area contributed by atoms with Gasteiger partial charge >= 0.3 is 6.18 Å². The monoisotopic (exact) mass is 304 g/mol. The summed E-state index contributed by atoms with van der Waals surface area (Å²) in [6.45, 7) is 0.208. The molecule has 1 aliphatic heterocycles. The van der Waals surface area contributed by atoms with Crippen molar-refractivity contribution in [3.05, 3.63) is 18.0 Å². The molecule has 1 aromatic rings. The molecule has 1 saturated heterocycles. The molecule has 1 atom stereocenters. The highest BCUT2D eigenvalue weighted by Gasteiger charge is 2.33. The van der Waals surface area contributed by atoms with Gasteiger partial charge in [0.25, 0.3) is 0 Å². The van der Waals surface area contributed by atoms with Gasteiger partial charge in [-0.25, -0.2) is 0 Å². The number of carbonyl (C=O) groups is 2. The Bertz CT molecular complexity index is 527. The van der Waals surface area contributed by atoms with E-state index >= 15 is 0 Å². The Balaban J connectivity index is 1.92. The van der Waals surface area contributed by atoms with Crippen molar-refractivity contribution in [2.24, 2.45) is 0 Å². The molecule has 0 saturated carbocycles. The van der Waals surface area contributed by atoms with Gasteiger partial charge in [0, 0.05) is 12.7 Å². The number of nitrogens with zero attached hydrogens (tertiary/aromatic N) is 2. The summed E-state index contributed by atoms with van der Waals surface area (Å²) in [5, 5.41) is 8.46. The first-order chi connectivity index (χ1) is 9.86. The van der Waals surface area contributed by atoms with Crippen LogP contribution >= 0.6 is 0 Å². The van der Waals surface area contributed by atoms with Crippen LogP contribution in [0.1, 0.15) is 25.0 Å². The molecule has 0 aromatic carbocycles. The van der Waals surface area contributed by atoms with E-state index in [0.717, 1.165) is 29.8 Å². The van der Waals surface area contributed by atoms with E-state index < -0.39 is 23.8 Å². The number of aromatic nitrogens is 2. The Labute approximate surface area is 118 Å². The van der Waals surface area contributed by atoms with Crippen LogP contribution in [0.3, 0.4) is 0 Å². The minimum Gasteiger partial charge on any atom is -0.354 e. The molecule has 1 aliphatic rings. The maximum atomic E-state index is 12.4. The van der Waals surface area contributed by atoms with E-state index in [-0.39, 0.29) is 12.5 Å². The zero-order chi connectivity index (χ0) is 15.5. The van der Waals surface area contributed by atoms with E-state index in [1.54, 1.807) is 0 Å². The fraction of sp³-hybridized carbons (Fsp3) is 0.583. The minimum atomic E-state index is -4.54. The number of carbonyl (C=O) groups excluding carboxylic acids is 2. The van der Waals surface area contributed by atoms with Crippen LogP contribution in [-0.2, 0) is 22.3 Å². The van der Waals surface area contributed by atoms with Crippen LogP contribution in [0.15, 0.2) is 12.3 Å². The molecule has 6 nitrogen and oxygen atoms in total. The number of halogens is 3. The molecule has 2 rings (SSSR count). The minimum absolute atomic E-state index is 0.266. The van der Waals surface area contributed by atoms with Gasteiger partial charge in [-0.1, -0.05) is 0 Å². The van der Waals surface area contributed by atoms with Crippen LogP contribution in [0, 0.1) is 0 Å². The van der Waals surface area contributed by atoms with Crippen LogP contribution in [0.25, 0.3) is 0 Å². The molecule has 0 unspecified atom stereocenters. The van der Waals surface area contributed by atoms with Crippen molar-refractivity contribution >= 4 is 11.8 Å². The smallest absolute Gasteiger partial charge is 0.354 e. The summed E-state index contributed by atoms with van der Waals surface area (Å²) < 4.78 is 38.0. The Morgan fingerprint density at radius 3 is 2.90 bits per heavy atom. The molecule has 2 N–H and O–H groups in total. The van der Waals surface area contributed by atoms with Crippen molar-refractivity contribution in [3.63, 3.8) is 0 Å². The fourth-order valence-electron chi connectivity index (χ4n) is 2.07. The second-order valence-corrected chi connectivity index (χ2v) is 4.80. The molecule has 2 heterocycles. The topological polar surface area (TPSA) is 76.0 Å². The number of hydrogen-bond donors (Lipinski definition) is 2. The molecular weight excluding hydrogens is 289 g/mol. The number of nitrogens with one attached hydrogen (secondary N) is 2. The van der Waals surface area contributed by atoms with Gasteiger partial charge in [-0.2, -0.15) is 18.3 Å². The Kier molecular flexibility index (Phi) is 4.49. The van der Waals surface area contributed by atoms with Crippen LogP contribution in [0.4, 0.5) is 13.2 Å². The molecule has 116 valence electrons. The van der Waals surface area contributed by atoms with E-state index in [1.807, 2.05) is 0 Å². The maximum Gasteiger partial charge on any atom is 0.435 e. The summed E-state index contributed by atoms with van der Waals surface area (Å²) in [6.07, 6.45) is -1.31. The summed E-state index contributed by atoms with van der Waals surface area (Å²) in [7, 11) is 0. The summed E-state index contributed by atoms with van der Waals surface area (Å²) in [5.41, 5.74) is -1.05. The van der Waals surface area contributed by atoms with Crippen LogP contribution < -0.4 is 10.6 Å². The Morgan fingerprint density at radius 2 is 2.24 bits per heavy atom. The lowest BCUT2D eigenvalue weighted by atomic mass is 10.1. The van der Waals surface area contributed by atoms with Gasteiger partial charge in [0.1, 0.15) is 12.6 Å². The average Bonchev–Trinajstić information content (AvgIpc) is 2.76. The molecule has 9 heteroatoms. The van der Waals surface area contributed by atoms with Gasteiger partial charge in [0.05, 0.1) is 0 Å². The number of alkyl halides is 3. The van der Waals surface area contributed by atoms with Crippen LogP contribution in [0.5, 0.6) is 0 Å². The Hall–Kier alpha value is -2.06. The second kappa shape index (κ2) is 6.15. The molecule has 0 bridgehead atoms. The summed E-state index contributed by atoms with van der Waals surface area (Å²) in [5.74, 6) is -0.814. The van der Waals surface area contributed by atoms with Gasteiger partial charge < -0.3 is 10.6 Å². The van der Waals surface area contributed by atoms with E-state index in [9.17, 15) is 22.8 Å². The second-order valence-electron chi connectivity index (χ2n) is 4.80. The van der Waals surface area contributed by atoms with Gasteiger partial charge in [-0.3, -0.25) is 14.3 Å². The molecule has 0 spiro atoms. The lowest BCUT2D eigenvalue weighted by Gasteiger charge is -2.15. The standard InChI is InChI=1S/C12H15F3N4O2/c13-12(14,15)9-4-6-19(18-9)7-10(20)17-8-3-1-2-5-16-11(8)21/h4,6,8H,1-3,5,7H2,(H,16,21)(H,17,20)/t8-/m1/s1. The van der Waals surface area contributed by atoms with Crippen LogP contribution in [-0.4, -0.2) is 34.2 Å². The zero-order valence-corrected chi connectivity index (χ0v) is 11.1. The molecule has 0 radical (unpaired) electrons. The molecule has 1 fully saturated rings. The Morgan fingerprint density at radius 1 is 1.48 bits per heavy atom. The highest BCUT2D eigenvalue weighted by Crippen LogP contribution is 2.27. The van der Waals surface area contributed by atoms with Crippen molar-refractivity contribution < 1.29 is 22.8 Å². The van der Waals surface area contributed by atoms with Gasteiger partial charge in [-0.15, -0.1) is 0 Å². The normalized spacial score (nSPS) is 19.8. The zero-order valence-electron chi connectivity index (χ0n) is 11.1. The first kappa shape index (κ1) is 15.3. The van der Waals surface area contributed by atoms with Crippen molar-refractivity contribution in [1.82, 2.24) is 20.4 Å². The first-order valence-electron chi connectivity index (χ1n) is 6.54. The summed E-state index contributed by atoms with van der Waals surface area (Å²) >= 11 is 0. The van der Waals surface area contributed by atoms with Crippen molar-refractivity contribution in [1.29, 1.82) is 0 Å². The molecule has 2 amide bonds. The largest absolute Gasteiger partial charge is 0.435 e. The van der Waals surface area contributed by atoms with E-state index in [1.165, 1.54) is 0 Å². The predicted octanol–water partition coefficient (Wildman–Crippen LogP) is 0.687. The van der Waals surface area contributed by atoms with Crippen molar-refractivity contribution in [3.8, 4) is 0 Å². The predicted molar refractivity (Wildman–Crippen MR) is 66.0 cm³/mol.